The van der Waals surface area contributed by atoms with Gasteiger partial charge in [-0.15, -0.1) is 5.10 Å². The van der Waals surface area contributed by atoms with Gasteiger partial charge >= 0.3 is 0 Å². The van der Waals surface area contributed by atoms with Crippen LogP contribution in [0.2, 0.25) is 0 Å². The van der Waals surface area contributed by atoms with Gasteiger partial charge in [-0.05, 0) is 52.0 Å². The molecule has 0 amide bonds. The molecular weight excluding hydrogens is 352 g/mol. The van der Waals surface area contributed by atoms with E-state index in [2.05, 4.69) is 31.5 Å². The number of rotatable bonds is 4. The fourth-order valence-electron chi connectivity index (χ4n) is 1.83. The average molecular weight is 363 g/mol. The zero-order valence-electron chi connectivity index (χ0n) is 10.8. The molecule has 0 bridgehead atoms. The van der Waals surface area contributed by atoms with Crippen molar-refractivity contribution in [2.75, 3.05) is 0 Å². The third-order valence-corrected chi connectivity index (χ3v) is 4.37. The third kappa shape index (κ3) is 3.15. The van der Waals surface area contributed by atoms with Crippen molar-refractivity contribution in [3.05, 3.63) is 58.6 Å². The molecular formula is C14H11BrN4OS. The van der Waals surface area contributed by atoms with E-state index in [4.69, 9.17) is 0 Å². The van der Waals surface area contributed by atoms with E-state index in [0.29, 0.717) is 5.16 Å². The van der Waals surface area contributed by atoms with Crippen molar-refractivity contribution >= 4 is 27.7 Å². The molecule has 106 valence electrons. The van der Waals surface area contributed by atoms with Gasteiger partial charge in [0.2, 0.25) is 5.16 Å². The van der Waals surface area contributed by atoms with Crippen LogP contribution in [0.1, 0.15) is 5.56 Å². The van der Waals surface area contributed by atoms with Crippen LogP contribution in [0.5, 0.6) is 0 Å². The number of para-hydroxylation sites is 1. The lowest BCUT2D eigenvalue weighted by Gasteiger charge is -2.08. The van der Waals surface area contributed by atoms with Gasteiger partial charge in [0.05, 0.1) is 12.3 Å². The van der Waals surface area contributed by atoms with Gasteiger partial charge in [0, 0.05) is 9.37 Å². The molecule has 2 aromatic carbocycles. The minimum absolute atomic E-state index is 0.0253. The predicted octanol–water partition coefficient (Wildman–Crippen LogP) is 3.07. The number of aromatic nitrogens is 4. The molecule has 0 atom stereocenters. The van der Waals surface area contributed by atoms with Crippen molar-refractivity contribution in [3.63, 3.8) is 0 Å². The zero-order chi connectivity index (χ0) is 14.7. The Labute approximate surface area is 134 Å². The van der Waals surface area contributed by atoms with Gasteiger partial charge in [0.15, 0.2) is 0 Å². The number of hydrogen-bond acceptors (Lipinski definition) is 5. The average Bonchev–Trinajstić information content (AvgIpc) is 2.96. The Morgan fingerprint density at radius 1 is 1.14 bits per heavy atom. The molecule has 1 heterocycles. The smallest absolute Gasteiger partial charge is 0.218 e. The molecule has 1 aromatic heterocycles. The zero-order valence-corrected chi connectivity index (χ0v) is 13.3. The van der Waals surface area contributed by atoms with Crippen LogP contribution in [0.4, 0.5) is 0 Å². The molecule has 0 saturated heterocycles. The summed E-state index contributed by atoms with van der Waals surface area (Å²) in [5, 5.41) is 21.9. The molecule has 1 N–H and O–H groups in total. The molecule has 5 nitrogen and oxygen atoms in total. The first-order valence-corrected chi connectivity index (χ1v) is 7.80. The summed E-state index contributed by atoms with van der Waals surface area (Å²) in [6.07, 6.45) is 0. The second-order valence-corrected chi connectivity index (χ2v) is 6.15. The van der Waals surface area contributed by atoms with Crippen molar-refractivity contribution in [3.8, 4) is 5.69 Å². The first kappa shape index (κ1) is 14.2. The normalized spacial score (nSPS) is 10.8. The van der Waals surface area contributed by atoms with Gasteiger partial charge in [-0.3, -0.25) is 0 Å². The number of halogens is 1. The highest BCUT2D eigenvalue weighted by atomic mass is 79.9. The molecule has 21 heavy (non-hydrogen) atoms. The number of aliphatic hydroxyl groups excluding tert-OH is 1. The van der Waals surface area contributed by atoms with Gasteiger partial charge in [-0.2, -0.15) is 4.68 Å². The van der Waals surface area contributed by atoms with Crippen LogP contribution in [0.25, 0.3) is 5.69 Å². The molecule has 0 spiro atoms. The molecule has 0 saturated carbocycles. The topological polar surface area (TPSA) is 63.8 Å². The van der Waals surface area contributed by atoms with E-state index < -0.39 is 0 Å². The highest BCUT2D eigenvalue weighted by Crippen LogP contribution is 2.32. The van der Waals surface area contributed by atoms with E-state index in [1.165, 1.54) is 11.8 Å². The van der Waals surface area contributed by atoms with Gasteiger partial charge in [0.25, 0.3) is 0 Å². The highest BCUT2D eigenvalue weighted by molar-refractivity contribution is 9.10. The second kappa shape index (κ2) is 6.38. The van der Waals surface area contributed by atoms with E-state index in [9.17, 15) is 5.11 Å². The summed E-state index contributed by atoms with van der Waals surface area (Å²) in [5.41, 5.74) is 1.73. The Hall–Kier alpha value is -1.70. The number of benzene rings is 2. The molecule has 3 aromatic rings. The Morgan fingerprint density at radius 3 is 2.71 bits per heavy atom. The van der Waals surface area contributed by atoms with Gasteiger partial charge < -0.3 is 5.11 Å². The summed E-state index contributed by atoms with van der Waals surface area (Å²) in [6.45, 7) is -0.0253. The quantitative estimate of drug-likeness (QED) is 0.772. The Bertz CT molecular complexity index is 748. The lowest BCUT2D eigenvalue weighted by molar-refractivity contribution is 0.279. The monoisotopic (exact) mass is 362 g/mol. The lowest BCUT2D eigenvalue weighted by Crippen LogP contribution is -1.99. The maximum Gasteiger partial charge on any atom is 0.218 e. The fraction of sp³-hybridized carbons (Fsp3) is 0.0714. The van der Waals surface area contributed by atoms with Crippen LogP contribution in [0.15, 0.2) is 63.1 Å². The fourth-order valence-corrected chi connectivity index (χ4v) is 3.29. The molecule has 0 aliphatic rings. The van der Waals surface area contributed by atoms with Gasteiger partial charge in [0.1, 0.15) is 0 Å². The van der Waals surface area contributed by atoms with Crippen molar-refractivity contribution in [1.82, 2.24) is 20.2 Å². The second-order valence-electron chi connectivity index (χ2n) is 4.22. The Balaban J connectivity index is 1.97. The minimum Gasteiger partial charge on any atom is -0.392 e. The Morgan fingerprint density at radius 2 is 1.95 bits per heavy atom. The molecule has 0 radical (unpaired) electrons. The summed E-state index contributed by atoms with van der Waals surface area (Å²) in [5.74, 6) is 0. The standard InChI is InChI=1S/C14H11BrN4OS/c15-11-7-6-10(9-20)13(8-11)21-14-16-17-18-19(14)12-4-2-1-3-5-12/h1-8,20H,9H2. The first-order chi connectivity index (χ1) is 10.3. The summed E-state index contributed by atoms with van der Waals surface area (Å²) in [6, 6.07) is 15.4. The van der Waals surface area contributed by atoms with E-state index >= 15 is 0 Å². The molecule has 0 aliphatic heterocycles. The number of nitrogens with zero attached hydrogens (tertiary/aromatic N) is 4. The van der Waals surface area contributed by atoms with Crippen LogP contribution in [0, 0.1) is 0 Å². The number of hydrogen-bond donors (Lipinski definition) is 1. The molecule has 0 unspecified atom stereocenters. The van der Waals surface area contributed by atoms with Crippen LogP contribution in [-0.4, -0.2) is 25.3 Å². The van der Waals surface area contributed by atoms with Crippen molar-refractivity contribution in [2.45, 2.75) is 16.7 Å². The van der Waals surface area contributed by atoms with Crippen molar-refractivity contribution in [2.24, 2.45) is 0 Å². The van der Waals surface area contributed by atoms with E-state index in [-0.39, 0.29) is 6.61 Å². The van der Waals surface area contributed by atoms with Crippen molar-refractivity contribution < 1.29 is 5.11 Å². The molecule has 0 aliphatic carbocycles. The summed E-state index contributed by atoms with van der Waals surface area (Å²) < 4.78 is 2.62. The summed E-state index contributed by atoms with van der Waals surface area (Å²) in [4.78, 5) is 0.916. The summed E-state index contributed by atoms with van der Waals surface area (Å²) >= 11 is 4.86. The largest absolute Gasteiger partial charge is 0.392 e. The van der Waals surface area contributed by atoms with E-state index in [1.54, 1.807) is 4.68 Å². The lowest BCUT2D eigenvalue weighted by atomic mass is 10.2. The van der Waals surface area contributed by atoms with Crippen LogP contribution in [-0.2, 0) is 6.61 Å². The third-order valence-electron chi connectivity index (χ3n) is 2.84. The van der Waals surface area contributed by atoms with Crippen LogP contribution < -0.4 is 0 Å². The maximum absolute atomic E-state index is 9.44. The van der Waals surface area contributed by atoms with Crippen molar-refractivity contribution in [1.29, 1.82) is 0 Å². The van der Waals surface area contributed by atoms with E-state index in [0.717, 1.165) is 20.6 Å². The summed E-state index contributed by atoms with van der Waals surface area (Å²) in [7, 11) is 0. The predicted molar refractivity (Wildman–Crippen MR) is 83.3 cm³/mol. The SMILES string of the molecule is OCc1ccc(Br)cc1Sc1nnnn1-c1ccccc1. The molecule has 7 heteroatoms. The number of tetrazole rings is 1. The van der Waals surface area contributed by atoms with Crippen LogP contribution in [0.3, 0.4) is 0 Å². The number of aliphatic hydroxyl groups is 1. The van der Waals surface area contributed by atoms with Crippen LogP contribution >= 0.6 is 27.7 Å². The van der Waals surface area contributed by atoms with E-state index in [1.807, 2.05) is 48.5 Å². The molecule has 0 fully saturated rings. The van der Waals surface area contributed by atoms with Gasteiger partial charge in [-0.1, -0.05) is 40.2 Å². The first-order valence-electron chi connectivity index (χ1n) is 6.19. The maximum atomic E-state index is 9.44. The Kier molecular flexibility index (Phi) is 4.33. The molecule has 3 rings (SSSR count). The highest BCUT2D eigenvalue weighted by Gasteiger charge is 2.12. The van der Waals surface area contributed by atoms with Gasteiger partial charge in [-0.25, -0.2) is 0 Å². The minimum atomic E-state index is -0.0253.